The molecule has 80 valence electrons. The molecule has 3 nitrogen and oxygen atoms in total. The molecule has 0 saturated heterocycles. The molecule has 1 aromatic rings. The van der Waals surface area contributed by atoms with Crippen molar-refractivity contribution in [1.29, 1.82) is 0 Å². The topological polar surface area (TPSA) is 30.7 Å². The number of rotatable bonds is 5. The zero-order chi connectivity index (χ0) is 10.6. The molecule has 0 N–H and O–H groups in total. The van der Waals surface area contributed by atoms with E-state index >= 15 is 0 Å². The number of unbranched alkanes of at least 4 members (excludes halogenated alkanes) is 1. The van der Waals surface area contributed by atoms with Crippen molar-refractivity contribution in [3.8, 4) is 0 Å². The van der Waals surface area contributed by atoms with Gasteiger partial charge in [-0.2, -0.15) is 0 Å². The highest BCUT2D eigenvalue weighted by atomic mass is 79.9. The highest BCUT2D eigenvalue weighted by Gasteiger charge is 2.12. The Morgan fingerprint density at radius 2 is 1.93 bits per heavy atom. The van der Waals surface area contributed by atoms with Gasteiger partial charge in [0.15, 0.2) is 0 Å². The fourth-order valence-electron chi connectivity index (χ4n) is 1.55. The summed E-state index contributed by atoms with van der Waals surface area (Å²) in [5, 5.41) is 9.19. The maximum atomic E-state index is 4.23. The second-order valence-electron chi connectivity index (χ2n) is 3.73. The van der Waals surface area contributed by atoms with Gasteiger partial charge >= 0.3 is 0 Å². The van der Waals surface area contributed by atoms with Crippen molar-refractivity contribution < 1.29 is 0 Å². The van der Waals surface area contributed by atoms with E-state index in [0.29, 0.717) is 6.04 Å². The lowest BCUT2D eigenvalue weighted by Gasteiger charge is -2.12. The first-order valence-electron chi connectivity index (χ1n) is 5.19. The number of aryl methyl sites for hydroxylation is 1. The Hall–Kier alpha value is -0.380. The fraction of sp³-hybridized carbons (Fsp3) is 0.800. The van der Waals surface area contributed by atoms with Crippen molar-refractivity contribution in [1.82, 2.24) is 14.8 Å². The van der Waals surface area contributed by atoms with Crippen molar-refractivity contribution in [3.63, 3.8) is 0 Å². The van der Waals surface area contributed by atoms with Gasteiger partial charge in [0.1, 0.15) is 11.6 Å². The molecule has 4 heteroatoms. The van der Waals surface area contributed by atoms with Crippen LogP contribution in [0.2, 0.25) is 0 Å². The summed E-state index contributed by atoms with van der Waals surface area (Å²) in [5.41, 5.74) is 0. The quantitative estimate of drug-likeness (QED) is 0.761. The molecule has 0 bridgehead atoms. The standard InChI is InChI=1S/C10H18BrN3/c1-4-5-6-9-12-13-10(7-11)14(9)8(2)3/h8H,4-7H2,1-3H3. The average molecular weight is 260 g/mol. The Bertz CT molecular complexity index is 281. The van der Waals surface area contributed by atoms with Crippen molar-refractivity contribution in [2.45, 2.75) is 51.4 Å². The van der Waals surface area contributed by atoms with E-state index in [1.54, 1.807) is 0 Å². The van der Waals surface area contributed by atoms with Gasteiger partial charge in [0, 0.05) is 12.5 Å². The molecule has 0 aliphatic carbocycles. The lowest BCUT2D eigenvalue weighted by Crippen LogP contribution is -2.09. The third-order valence-electron chi connectivity index (χ3n) is 2.23. The van der Waals surface area contributed by atoms with Crippen LogP contribution in [-0.2, 0) is 11.8 Å². The van der Waals surface area contributed by atoms with Gasteiger partial charge in [0.2, 0.25) is 0 Å². The molecule has 0 aliphatic rings. The summed E-state index contributed by atoms with van der Waals surface area (Å²) in [6.45, 7) is 6.54. The van der Waals surface area contributed by atoms with E-state index in [-0.39, 0.29) is 0 Å². The molecule has 0 fully saturated rings. The van der Waals surface area contributed by atoms with Gasteiger partial charge in [0.25, 0.3) is 0 Å². The Balaban J connectivity index is 2.87. The maximum absolute atomic E-state index is 4.23. The summed E-state index contributed by atoms with van der Waals surface area (Å²) in [6.07, 6.45) is 3.43. The molecule has 0 radical (unpaired) electrons. The summed E-state index contributed by atoms with van der Waals surface area (Å²) in [7, 11) is 0. The van der Waals surface area contributed by atoms with Crippen LogP contribution in [0.3, 0.4) is 0 Å². The minimum absolute atomic E-state index is 0.449. The van der Waals surface area contributed by atoms with Crippen LogP contribution in [0.15, 0.2) is 0 Å². The Morgan fingerprint density at radius 1 is 1.29 bits per heavy atom. The van der Waals surface area contributed by atoms with E-state index in [2.05, 4.69) is 51.5 Å². The van der Waals surface area contributed by atoms with Crippen molar-refractivity contribution in [2.24, 2.45) is 0 Å². The van der Waals surface area contributed by atoms with Crippen LogP contribution in [0, 0.1) is 0 Å². The molecule has 1 aromatic heterocycles. The van der Waals surface area contributed by atoms with E-state index in [9.17, 15) is 0 Å². The van der Waals surface area contributed by atoms with E-state index < -0.39 is 0 Å². The maximum Gasteiger partial charge on any atom is 0.143 e. The number of alkyl halides is 1. The largest absolute Gasteiger partial charge is 0.312 e. The summed E-state index contributed by atoms with van der Waals surface area (Å²) in [5.74, 6) is 2.16. The molecular weight excluding hydrogens is 242 g/mol. The third-order valence-corrected chi connectivity index (χ3v) is 2.73. The molecule has 0 aromatic carbocycles. The Labute approximate surface area is 94.0 Å². The number of aromatic nitrogens is 3. The third kappa shape index (κ3) is 2.56. The van der Waals surface area contributed by atoms with Crippen LogP contribution in [-0.4, -0.2) is 14.8 Å². The summed E-state index contributed by atoms with van der Waals surface area (Å²) >= 11 is 3.43. The van der Waals surface area contributed by atoms with E-state index in [4.69, 9.17) is 0 Å². The van der Waals surface area contributed by atoms with Crippen molar-refractivity contribution in [3.05, 3.63) is 11.6 Å². The number of nitrogens with zero attached hydrogens (tertiary/aromatic N) is 3. The highest BCUT2D eigenvalue weighted by Crippen LogP contribution is 2.15. The van der Waals surface area contributed by atoms with Gasteiger partial charge in [-0.1, -0.05) is 29.3 Å². The van der Waals surface area contributed by atoms with Gasteiger partial charge in [0.05, 0.1) is 5.33 Å². The smallest absolute Gasteiger partial charge is 0.143 e. The molecule has 0 spiro atoms. The normalized spacial score (nSPS) is 11.2. The first kappa shape index (κ1) is 11.7. The predicted molar refractivity (Wildman–Crippen MR) is 61.7 cm³/mol. The average Bonchev–Trinajstić information content (AvgIpc) is 2.57. The van der Waals surface area contributed by atoms with E-state index in [1.165, 1.54) is 12.8 Å². The molecule has 1 heterocycles. The second-order valence-corrected chi connectivity index (χ2v) is 4.29. The molecule has 14 heavy (non-hydrogen) atoms. The zero-order valence-corrected chi connectivity index (χ0v) is 10.7. The van der Waals surface area contributed by atoms with E-state index in [1.807, 2.05) is 0 Å². The van der Waals surface area contributed by atoms with Gasteiger partial charge in [-0.15, -0.1) is 10.2 Å². The van der Waals surface area contributed by atoms with Crippen LogP contribution in [0.4, 0.5) is 0 Å². The summed E-state index contributed by atoms with van der Waals surface area (Å²) in [4.78, 5) is 0. The van der Waals surface area contributed by atoms with Crippen LogP contribution >= 0.6 is 15.9 Å². The van der Waals surface area contributed by atoms with Gasteiger partial charge < -0.3 is 4.57 Å². The van der Waals surface area contributed by atoms with Crippen LogP contribution in [0.5, 0.6) is 0 Å². The Kier molecular flexibility index (Phi) is 4.58. The molecule has 0 aliphatic heterocycles. The number of halogens is 1. The van der Waals surface area contributed by atoms with E-state index in [0.717, 1.165) is 23.4 Å². The fourth-order valence-corrected chi connectivity index (χ4v) is 1.94. The highest BCUT2D eigenvalue weighted by molar-refractivity contribution is 9.08. The minimum Gasteiger partial charge on any atom is -0.312 e. The zero-order valence-electron chi connectivity index (χ0n) is 9.13. The lowest BCUT2D eigenvalue weighted by molar-refractivity contribution is 0.545. The van der Waals surface area contributed by atoms with Crippen LogP contribution < -0.4 is 0 Å². The number of hydrogen-bond acceptors (Lipinski definition) is 2. The first-order chi connectivity index (χ1) is 6.70. The van der Waals surface area contributed by atoms with Crippen LogP contribution in [0.25, 0.3) is 0 Å². The molecule has 0 saturated carbocycles. The van der Waals surface area contributed by atoms with Crippen molar-refractivity contribution in [2.75, 3.05) is 0 Å². The Morgan fingerprint density at radius 3 is 2.43 bits per heavy atom. The predicted octanol–water partition coefficient (Wildman–Crippen LogP) is 3.10. The molecule has 1 rings (SSSR count). The van der Waals surface area contributed by atoms with Gasteiger partial charge in [-0.25, -0.2) is 0 Å². The van der Waals surface area contributed by atoms with Crippen LogP contribution in [0.1, 0.15) is 51.3 Å². The number of hydrogen-bond donors (Lipinski definition) is 0. The molecule has 0 unspecified atom stereocenters. The van der Waals surface area contributed by atoms with Gasteiger partial charge in [-0.05, 0) is 20.3 Å². The monoisotopic (exact) mass is 259 g/mol. The second kappa shape index (κ2) is 5.49. The lowest BCUT2D eigenvalue weighted by atomic mass is 10.2. The summed E-state index contributed by atoms with van der Waals surface area (Å²) < 4.78 is 2.23. The SMILES string of the molecule is CCCCc1nnc(CBr)n1C(C)C. The minimum atomic E-state index is 0.449. The van der Waals surface area contributed by atoms with Gasteiger partial charge in [-0.3, -0.25) is 0 Å². The molecule has 0 atom stereocenters. The van der Waals surface area contributed by atoms with Crippen molar-refractivity contribution >= 4 is 15.9 Å². The molecular formula is C10H18BrN3. The summed E-state index contributed by atoms with van der Waals surface area (Å²) in [6, 6.07) is 0.449. The molecule has 0 amide bonds. The first-order valence-corrected chi connectivity index (χ1v) is 6.31.